The van der Waals surface area contributed by atoms with E-state index in [1.54, 1.807) is 36.0 Å². The van der Waals surface area contributed by atoms with Crippen molar-refractivity contribution in [2.75, 3.05) is 11.1 Å². The number of anilines is 1. The highest BCUT2D eigenvalue weighted by Gasteiger charge is 2.19. The Morgan fingerprint density at radius 3 is 2.42 bits per heavy atom. The van der Waals surface area contributed by atoms with Gasteiger partial charge in [-0.3, -0.25) is 4.79 Å². The monoisotopic (exact) mass is 462 g/mol. The molecule has 0 saturated heterocycles. The summed E-state index contributed by atoms with van der Waals surface area (Å²) in [5, 5.41) is 7.99. The highest BCUT2D eigenvalue weighted by molar-refractivity contribution is 7.91. The zero-order valence-corrected chi connectivity index (χ0v) is 19.8. The highest BCUT2D eigenvalue weighted by Crippen LogP contribution is 2.29. The minimum absolute atomic E-state index is 0.0230. The maximum absolute atomic E-state index is 13.3. The number of pyridine rings is 1. The third-order valence-electron chi connectivity index (χ3n) is 5.57. The topological polar surface area (TPSA) is 93.9 Å². The molecule has 1 amide bonds. The van der Waals surface area contributed by atoms with Gasteiger partial charge in [0.15, 0.2) is 15.5 Å². The van der Waals surface area contributed by atoms with Crippen molar-refractivity contribution in [1.82, 2.24) is 14.8 Å². The lowest BCUT2D eigenvalue weighted by atomic mass is 10.0. The molecule has 0 radical (unpaired) electrons. The van der Waals surface area contributed by atoms with Crippen LogP contribution in [0.4, 0.5) is 5.69 Å². The largest absolute Gasteiger partial charge is 0.322 e. The third kappa shape index (κ3) is 4.39. The minimum Gasteiger partial charge on any atom is -0.322 e. The molecule has 0 atom stereocenters. The number of hydrogen-bond donors (Lipinski definition) is 1. The molecule has 1 N–H and O–H groups in total. The van der Waals surface area contributed by atoms with Crippen LogP contribution in [-0.2, 0) is 9.84 Å². The lowest BCUT2D eigenvalue weighted by Gasteiger charge is -2.12. The van der Waals surface area contributed by atoms with E-state index in [0.717, 1.165) is 11.1 Å². The second-order valence-corrected chi connectivity index (χ2v) is 10.5. The quantitative estimate of drug-likeness (QED) is 0.434. The SMILES string of the molecule is CCS(=O)(=O)c1ccc(NC(=O)c2cc(-c3ccccc3C)nc3c2cnn3C(C)C)cc1. The van der Waals surface area contributed by atoms with Gasteiger partial charge >= 0.3 is 0 Å². The Morgan fingerprint density at radius 1 is 1.09 bits per heavy atom. The van der Waals surface area contributed by atoms with E-state index < -0.39 is 9.84 Å². The molecule has 0 bridgehead atoms. The van der Waals surface area contributed by atoms with Crippen LogP contribution in [-0.4, -0.2) is 34.8 Å². The number of sulfone groups is 1. The van der Waals surface area contributed by atoms with Crippen molar-refractivity contribution in [2.45, 2.75) is 38.6 Å². The van der Waals surface area contributed by atoms with Crippen molar-refractivity contribution < 1.29 is 13.2 Å². The summed E-state index contributed by atoms with van der Waals surface area (Å²) in [7, 11) is -3.30. The maximum atomic E-state index is 13.3. The number of carbonyl (C=O) groups is 1. The Balaban J connectivity index is 1.78. The van der Waals surface area contributed by atoms with Gasteiger partial charge in [-0.2, -0.15) is 5.10 Å². The van der Waals surface area contributed by atoms with Crippen molar-refractivity contribution in [2.24, 2.45) is 0 Å². The Morgan fingerprint density at radius 2 is 1.79 bits per heavy atom. The minimum atomic E-state index is -3.30. The molecule has 170 valence electrons. The zero-order valence-electron chi connectivity index (χ0n) is 19.0. The van der Waals surface area contributed by atoms with Gasteiger partial charge in [-0.05, 0) is 56.7 Å². The maximum Gasteiger partial charge on any atom is 0.256 e. The molecule has 0 aliphatic heterocycles. The molecular weight excluding hydrogens is 436 g/mol. The van der Waals surface area contributed by atoms with E-state index in [-0.39, 0.29) is 22.6 Å². The molecule has 8 heteroatoms. The van der Waals surface area contributed by atoms with Crippen LogP contribution in [0.2, 0.25) is 0 Å². The first kappa shape index (κ1) is 22.7. The van der Waals surface area contributed by atoms with E-state index in [1.165, 1.54) is 12.1 Å². The van der Waals surface area contributed by atoms with Crippen LogP contribution >= 0.6 is 0 Å². The van der Waals surface area contributed by atoms with Crippen LogP contribution in [0.5, 0.6) is 0 Å². The number of rotatable bonds is 6. The van der Waals surface area contributed by atoms with Gasteiger partial charge < -0.3 is 5.32 Å². The highest BCUT2D eigenvalue weighted by atomic mass is 32.2. The van der Waals surface area contributed by atoms with Gasteiger partial charge in [0, 0.05) is 17.3 Å². The number of amides is 1. The van der Waals surface area contributed by atoms with Crippen molar-refractivity contribution in [1.29, 1.82) is 0 Å². The molecule has 0 spiro atoms. The lowest BCUT2D eigenvalue weighted by molar-refractivity contribution is 0.102. The standard InChI is InChI=1S/C25H26N4O3S/c1-5-33(31,32)19-12-10-18(11-13-19)27-25(30)21-14-23(20-9-7-6-8-17(20)4)28-24-22(21)15-26-29(24)16(2)3/h6-16H,5H2,1-4H3,(H,27,30). The summed E-state index contributed by atoms with van der Waals surface area (Å²) < 4.78 is 25.9. The van der Waals surface area contributed by atoms with Gasteiger partial charge in [-0.15, -0.1) is 0 Å². The molecule has 2 aromatic heterocycles. The summed E-state index contributed by atoms with van der Waals surface area (Å²) in [6, 6.07) is 16.0. The number of nitrogens with zero attached hydrogens (tertiary/aromatic N) is 3. The predicted molar refractivity (Wildman–Crippen MR) is 130 cm³/mol. The van der Waals surface area contributed by atoms with Crippen LogP contribution in [0.3, 0.4) is 0 Å². The van der Waals surface area contributed by atoms with Crippen LogP contribution in [0.15, 0.2) is 65.7 Å². The first-order valence-electron chi connectivity index (χ1n) is 10.8. The Labute approximate surface area is 193 Å². The summed E-state index contributed by atoms with van der Waals surface area (Å²) in [4.78, 5) is 18.4. The summed E-state index contributed by atoms with van der Waals surface area (Å²) in [5.74, 6) is -0.290. The average Bonchev–Trinajstić information content (AvgIpc) is 3.23. The van der Waals surface area contributed by atoms with E-state index >= 15 is 0 Å². The Hall–Kier alpha value is -3.52. The second kappa shape index (κ2) is 8.78. The molecule has 7 nitrogen and oxygen atoms in total. The summed E-state index contributed by atoms with van der Waals surface area (Å²) in [6.45, 7) is 7.64. The Bertz CT molecular complexity index is 1440. The van der Waals surface area contributed by atoms with Crippen molar-refractivity contribution in [3.05, 3.63) is 71.9 Å². The van der Waals surface area contributed by atoms with Gasteiger partial charge in [0.1, 0.15) is 0 Å². The normalized spacial score (nSPS) is 11.8. The fourth-order valence-corrected chi connectivity index (χ4v) is 4.58. The molecule has 0 aliphatic rings. The van der Waals surface area contributed by atoms with Gasteiger partial charge in [-0.1, -0.05) is 31.2 Å². The zero-order chi connectivity index (χ0) is 23.8. The number of benzene rings is 2. The number of aryl methyl sites for hydroxylation is 1. The molecule has 0 aliphatic carbocycles. The number of hydrogen-bond acceptors (Lipinski definition) is 5. The number of nitrogens with one attached hydrogen (secondary N) is 1. The Kier molecular flexibility index (Phi) is 6.03. The molecule has 33 heavy (non-hydrogen) atoms. The summed E-state index contributed by atoms with van der Waals surface area (Å²) in [5.41, 5.74) is 4.29. The van der Waals surface area contributed by atoms with Crippen molar-refractivity contribution in [3.63, 3.8) is 0 Å². The van der Waals surface area contributed by atoms with E-state index in [0.29, 0.717) is 28.0 Å². The smallest absolute Gasteiger partial charge is 0.256 e. The van der Waals surface area contributed by atoms with Gasteiger partial charge in [-0.25, -0.2) is 18.1 Å². The average molecular weight is 463 g/mol. The summed E-state index contributed by atoms with van der Waals surface area (Å²) >= 11 is 0. The number of fused-ring (bicyclic) bond motifs is 1. The van der Waals surface area contributed by atoms with E-state index in [1.807, 2.05) is 45.0 Å². The predicted octanol–water partition coefficient (Wildman–Crippen LogP) is 5.03. The van der Waals surface area contributed by atoms with E-state index in [4.69, 9.17) is 4.98 Å². The van der Waals surface area contributed by atoms with E-state index in [2.05, 4.69) is 10.4 Å². The number of aromatic nitrogens is 3. The van der Waals surface area contributed by atoms with Gasteiger partial charge in [0.25, 0.3) is 5.91 Å². The molecule has 4 rings (SSSR count). The molecule has 2 heterocycles. The molecule has 0 fully saturated rings. The van der Waals surface area contributed by atoms with Gasteiger partial charge in [0.2, 0.25) is 0 Å². The van der Waals surface area contributed by atoms with Crippen LogP contribution in [0, 0.1) is 6.92 Å². The second-order valence-electron chi connectivity index (χ2n) is 8.17. The molecule has 0 saturated carbocycles. The fourth-order valence-electron chi connectivity index (χ4n) is 3.69. The number of carbonyl (C=O) groups excluding carboxylic acids is 1. The first-order chi connectivity index (χ1) is 15.7. The molecule has 0 unspecified atom stereocenters. The van der Waals surface area contributed by atoms with Crippen molar-refractivity contribution in [3.8, 4) is 11.3 Å². The fraction of sp³-hybridized carbons (Fsp3) is 0.240. The van der Waals surface area contributed by atoms with Crippen LogP contribution < -0.4 is 5.32 Å². The molecule has 2 aromatic carbocycles. The first-order valence-corrected chi connectivity index (χ1v) is 12.4. The molecule has 4 aromatic rings. The van der Waals surface area contributed by atoms with Crippen LogP contribution in [0.25, 0.3) is 22.3 Å². The third-order valence-corrected chi connectivity index (χ3v) is 7.32. The van der Waals surface area contributed by atoms with E-state index in [9.17, 15) is 13.2 Å². The molecular formula is C25H26N4O3S. The summed E-state index contributed by atoms with van der Waals surface area (Å²) in [6.07, 6.45) is 1.66. The lowest BCUT2D eigenvalue weighted by Crippen LogP contribution is -2.14. The van der Waals surface area contributed by atoms with Gasteiger partial charge in [0.05, 0.1) is 33.5 Å². The van der Waals surface area contributed by atoms with Crippen molar-refractivity contribution >= 4 is 32.5 Å². The van der Waals surface area contributed by atoms with Crippen LogP contribution in [0.1, 0.15) is 42.7 Å².